The Hall–Kier alpha value is -2.53. The first-order valence-electron chi connectivity index (χ1n) is 9.43. The van der Waals surface area contributed by atoms with Crippen molar-refractivity contribution in [2.75, 3.05) is 50.8 Å². The molecule has 0 bridgehead atoms. The molecule has 2 aliphatic rings. The van der Waals surface area contributed by atoms with Gasteiger partial charge in [0.05, 0.1) is 24.6 Å². The normalized spacial score (nSPS) is 19.0. The van der Waals surface area contributed by atoms with Crippen molar-refractivity contribution in [2.45, 2.75) is 6.42 Å². The van der Waals surface area contributed by atoms with Crippen molar-refractivity contribution in [1.82, 2.24) is 10.2 Å². The average Bonchev–Trinajstić information content (AvgIpc) is 3.15. The molecule has 26 heavy (non-hydrogen) atoms. The molecule has 2 aliphatic heterocycles. The first-order valence-corrected chi connectivity index (χ1v) is 9.43. The van der Waals surface area contributed by atoms with Gasteiger partial charge in [-0.2, -0.15) is 0 Å². The summed E-state index contributed by atoms with van der Waals surface area (Å²) in [7, 11) is 0. The molecule has 5 heteroatoms. The second-order valence-corrected chi connectivity index (χ2v) is 6.67. The van der Waals surface area contributed by atoms with Crippen molar-refractivity contribution >= 4 is 17.3 Å². The van der Waals surface area contributed by atoms with Crippen molar-refractivity contribution < 1.29 is 4.74 Å². The fraction of sp³-hybridized carbons (Fsp3) is 0.381. The minimum absolute atomic E-state index is 0.784. The lowest BCUT2D eigenvalue weighted by Crippen LogP contribution is -2.36. The molecule has 1 N–H and O–H groups in total. The number of hydrogen-bond acceptors (Lipinski definition) is 3. The van der Waals surface area contributed by atoms with Crippen LogP contribution in [0.4, 0.5) is 11.4 Å². The maximum absolute atomic E-state index is 5.49. The van der Waals surface area contributed by atoms with Gasteiger partial charge < -0.3 is 19.9 Å². The van der Waals surface area contributed by atoms with Crippen LogP contribution in [0.2, 0.25) is 0 Å². The lowest BCUT2D eigenvalue weighted by molar-refractivity contribution is 0.123. The summed E-state index contributed by atoms with van der Waals surface area (Å²) in [5.41, 5.74) is 3.59. The Balaban J connectivity index is 1.49. The van der Waals surface area contributed by atoms with Crippen molar-refractivity contribution in [2.24, 2.45) is 4.99 Å². The molecule has 0 spiro atoms. The molecule has 0 aliphatic carbocycles. The highest BCUT2D eigenvalue weighted by atomic mass is 16.5. The van der Waals surface area contributed by atoms with Gasteiger partial charge in [0, 0.05) is 32.7 Å². The fourth-order valence-electron chi connectivity index (χ4n) is 3.50. The van der Waals surface area contributed by atoms with Gasteiger partial charge in [0.25, 0.3) is 0 Å². The summed E-state index contributed by atoms with van der Waals surface area (Å²) < 4.78 is 5.49. The molecule has 136 valence electrons. The molecule has 0 radical (unpaired) electrons. The SMILES string of the molecule is c1ccc(CCN2CCN/C2=N\c2ccccc2N2CCOCC2)cc1. The van der Waals surface area contributed by atoms with Crippen LogP contribution in [-0.2, 0) is 11.2 Å². The quantitative estimate of drug-likeness (QED) is 0.900. The molecule has 0 aromatic heterocycles. The van der Waals surface area contributed by atoms with Crippen LogP contribution in [0.3, 0.4) is 0 Å². The predicted octanol–water partition coefficient (Wildman–Crippen LogP) is 2.66. The van der Waals surface area contributed by atoms with Gasteiger partial charge in [-0.05, 0) is 24.1 Å². The zero-order chi connectivity index (χ0) is 17.6. The Morgan fingerprint density at radius 1 is 0.923 bits per heavy atom. The van der Waals surface area contributed by atoms with E-state index >= 15 is 0 Å². The van der Waals surface area contributed by atoms with Crippen LogP contribution in [-0.4, -0.2) is 56.8 Å². The zero-order valence-corrected chi connectivity index (χ0v) is 15.1. The van der Waals surface area contributed by atoms with Gasteiger partial charge in [-0.1, -0.05) is 42.5 Å². The Bertz CT molecular complexity index is 741. The van der Waals surface area contributed by atoms with Crippen LogP contribution in [0.5, 0.6) is 0 Å². The zero-order valence-electron chi connectivity index (χ0n) is 15.1. The summed E-state index contributed by atoms with van der Waals surface area (Å²) in [5.74, 6) is 0.988. The molecule has 4 rings (SSSR count). The Labute approximate surface area is 155 Å². The van der Waals surface area contributed by atoms with Crippen LogP contribution in [0, 0.1) is 0 Å². The Kier molecular flexibility index (Phi) is 5.36. The summed E-state index contributed by atoms with van der Waals surface area (Å²) in [6.45, 7) is 6.35. The highest BCUT2D eigenvalue weighted by Gasteiger charge is 2.19. The minimum atomic E-state index is 0.784. The molecule has 2 fully saturated rings. The minimum Gasteiger partial charge on any atom is -0.378 e. The number of nitrogens with zero attached hydrogens (tertiary/aromatic N) is 3. The van der Waals surface area contributed by atoms with Gasteiger partial charge in [-0.15, -0.1) is 0 Å². The first kappa shape index (κ1) is 16.9. The van der Waals surface area contributed by atoms with Crippen LogP contribution < -0.4 is 10.2 Å². The van der Waals surface area contributed by atoms with E-state index in [1.807, 2.05) is 0 Å². The molecule has 5 nitrogen and oxygen atoms in total. The van der Waals surface area contributed by atoms with E-state index in [0.717, 1.165) is 64.0 Å². The van der Waals surface area contributed by atoms with Gasteiger partial charge in [-0.25, -0.2) is 4.99 Å². The van der Waals surface area contributed by atoms with Crippen molar-refractivity contribution in [3.05, 3.63) is 60.2 Å². The van der Waals surface area contributed by atoms with Crippen molar-refractivity contribution in [3.63, 3.8) is 0 Å². The van der Waals surface area contributed by atoms with Crippen molar-refractivity contribution in [1.29, 1.82) is 0 Å². The highest BCUT2D eigenvalue weighted by Crippen LogP contribution is 2.29. The molecule has 2 saturated heterocycles. The fourth-order valence-corrected chi connectivity index (χ4v) is 3.50. The van der Waals surface area contributed by atoms with E-state index in [4.69, 9.17) is 9.73 Å². The van der Waals surface area contributed by atoms with Crippen LogP contribution >= 0.6 is 0 Å². The van der Waals surface area contributed by atoms with Crippen molar-refractivity contribution in [3.8, 4) is 0 Å². The number of hydrogen-bond donors (Lipinski definition) is 1. The predicted molar refractivity (Wildman–Crippen MR) is 106 cm³/mol. The lowest BCUT2D eigenvalue weighted by Gasteiger charge is -2.30. The van der Waals surface area contributed by atoms with E-state index in [-0.39, 0.29) is 0 Å². The first-order chi connectivity index (χ1) is 12.9. The molecule has 0 atom stereocenters. The van der Waals surface area contributed by atoms with E-state index in [2.05, 4.69) is 69.7 Å². The van der Waals surface area contributed by atoms with Crippen LogP contribution in [0.1, 0.15) is 5.56 Å². The standard InChI is InChI=1S/C21H26N4O/c1-2-6-18(7-3-1)10-12-25-13-11-22-21(25)23-19-8-4-5-9-20(19)24-14-16-26-17-15-24/h1-9H,10-17H2,(H,22,23). The number of guanidine groups is 1. The summed E-state index contributed by atoms with van der Waals surface area (Å²) in [6.07, 6.45) is 1.03. The molecule has 0 saturated carbocycles. The molecule has 2 aromatic carbocycles. The average molecular weight is 350 g/mol. The van der Waals surface area contributed by atoms with Gasteiger partial charge >= 0.3 is 0 Å². The topological polar surface area (TPSA) is 40.1 Å². The van der Waals surface area contributed by atoms with E-state index in [1.165, 1.54) is 11.3 Å². The maximum Gasteiger partial charge on any atom is 0.199 e. The van der Waals surface area contributed by atoms with Gasteiger partial charge in [-0.3, -0.25) is 0 Å². The summed E-state index contributed by atoms with van der Waals surface area (Å²) in [6, 6.07) is 19.1. The second-order valence-electron chi connectivity index (χ2n) is 6.67. The molecule has 2 aromatic rings. The number of ether oxygens (including phenoxy) is 1. The summed E-state index contributed by atoms with van der Waals surface area (Å²) >= 11 is 0. The largest absolute Gasteiger partial charge is 0.378 e. The van der Waals surface area contributed by atoms with Gasteiger partial charge in [0.15, 0.2) is 5.96 Å². The van der Waals surface area contributed by atoms with E-state index in [1.54, 1.807) is 0 Å². The number of morpholine rings is 1. The smallest absolute Gasteiger partial charge is 0.199 e. The third-order valence-corrected chi connectivity index (χ3v) is 4.94. The summed E-state index contributed by atoms with van der Waals surface area (Å²) in [4.78, 5) is 9.69. The number of aliphatic imine (C=N–C) groups is 1. The van der Waals surface area contributed by atoms with E-state index < -0.39 is 0 Å². The monoisotopic (exact) mass is 350 g/mol. The van der Waals surface area contributed by atoms with Gasteiger partial charge in [0.2, 0.25) is 0 Å². The maximum atomic E-state index is 5.49. The number of rotatable bonds is 5. The van der Waals surface area contributed by atoms with Gasteiger partial charge in [0.1, 0.15) is 0 Å². The third kappa shape index (κ3) is 3.99. The highest BCUT2D eigenvalue weighted by molar-refractivity contribution is 5.86. The second kappa shape index (κ2) is 8.23. The van der Waals surface area contributed by atoms with E-state index in [9.17, 15) is 0 Å². The van der Waals surface area contributed by atoms with Crippen LogP contribution in [0.15, 0.2) is 59.6 Å². The third-order valence-electron chi connectivity index (χ3n) is 4.94. The number of para-hydroxylation sites is 2. The molecular formula is C21H26N4O. The Morgan fingerprint density at radius 3 is 2.54 bits per heavy atom. The van der Waals surface area contributed by atoms with Crippen LogP contribution in [0.25, 0.3) is 0 Å². The number of anilines is 1. The Morgan fingerprint density at radius 2 is 1.69 bits per heavy atom. The lowest BCUT2D eigenvalue weighted by atomic mass is 10.1. The van der Waals surface area contributed by atoms with E-state index in [0.29, 0.717) is 0 Å². The number of benzene rings is 2. The molecular weight excluding hydrogens is 324 g/mol. The molecule has 0 unspecified atom stereocenters. The molecule has 2 heterocycles. The summed E-state index contributed by atoms with van der Waals surface area (Å²) in [5, 5.41) is 3.45. The number of nitrogens with one attached hydrogen (secondary N) is 1. The molecule has 0 amide bonds.